The number of para-hydroxylation sites is 1. The van der Waals surface area contributed by atoms with Gasteiger partial charge in [-0.25, -0.2) is 0 Å². The highest BCUT2D eigenvalue weighted by Crippen LogP contribution is 2.25. The number of imidazole rings is 1. The molecule has 21 heavy (non-hydrogen) atoms. The van der Waals surface area contributed by atoms with E-state index in [1.165, 1.54) is 11.1 Å². The first-order valence-electron chi connectivity index (χ1n) is 7.06. The fourth-order valence-corrected chi connectivity index (χ4v) is 2.81. The number of aromatic nitrogens is 2. The summed E-state index contributed by atoms with van der Waals surface area (Å²) in [7, 11) is 1.67. The Hall–Kier alpha value is -2.07. The lowest BCUT2D eigenvalue weighted by Crippen LogP contribution is -1.99. The molecule has 3 rings (SSSR count). The number of methoxy groups -OCH3 is 1. The molecule has 4 heteroatoms. The van der Waals surface area contributed by atoms with Crippen molar-refractivity contribution in [2.75, 3.05) is 7.11 Å². The molecule has 0 aliphatic heterocycles. The Labute approximate surface area is 129 Å². The first-order valence-corrected chi connectivity index (χ1v) is 7.47. The van der Waals surface area contributed by atoms with E-state index in [0.29, 0.717) is 4.77 Å². The van der Waals surface area contributed by atoms with Gasteiger partial charge >= 0.3 is 0 Å². The van der Waals surface area contributed by atoms with Crippen LogP contribution in [-0.4, -0.2) is 16.7 Å². The van der Waals surface area contributed by atoms with Crippen LogP contribution in [-0.2, 0) is 13.0 Å². The summed E-state index contributed by atoms with van der Waals surface area (Å²) in [6.07, 6.45) is 1.06. The topological polar surface area (TPSA) is 29.9 Å². The Kier molecular flexibility index (Phi) is 3.80. The van der Waals surface area contributed by atoms with Gasteiger partial charge in [-0.3, -0.25) is 0 Å². The lowest BCUT2D eigenvalue weighted by molar-refractivity contribution is 0.419. The van der Waals surface area contributed by atoms with Gasteiger partial charge in [0, 0.05) is 0 Å². The Morgan fingerprint density at radius 1 is 1.10 bits per heavy atom. The van der Waals surface area contributed by atoms with E-state index >= 15 is 0 Å². The highest BCUT2D eigenvalue weighted by atomic mass is 32.1. The second-order valence-electron chi connectivity index (χ2n) is 5.04. The average Bonchev–Trinajstić information content (AvgIpc) is 2.84. The lowest BCUT2D eigenvalue weighted by atomic mass is 10.1. The van der Waals surface area contributed by atoms with Crippen molar-refractivity contribution < 1.29 is 4.74 Å². The van der Waals surface area contributed by atoms with Gasteiger partial charge in [0.05, 0.1) is 19.2 Å². The highest BCUT2D eigenvalue weighted by Gasteiger charge is 2.09. The summed E-state index contributed by atoms with van der Waals surface area (Å²) in [4.78, 5) is 3.24. The number of benzene rings is 2. The van der Waals surface area contributed by atoms with Gasteiger partial charge in [0.25, 0.3) is 0 Å². The van der Waals surface area contributed by atoms with Crippen LogP contribution in [0.4, 0.5) is 0 Å². The number of nitrogens with one attached hydrogen (secondary N) is 1. The van der Waals surface area contributed by atoms with Gasteiger partial charge in [-0.15, -0.1) is 0 Å². The van der Waals surface area contributed by atoms with E-state index in [2.05, 4.69) is 46.8 Å². The van der Waals surface area contributed by atoms with Gasteiger partial charge in [-0.1, -0.05) is 37.3 Å². The molecule has 3 aromatic rings. The second-order valence-corrected chi connectivity index (χ2v) is 5.43. The predicted molar refractivity (Wildman–Crippen MR) is 88.6 cm³/mol. The van der Waals surface area contributed by atoms with E-state index in [-0.39, 0.29) is 0 Å². The molecule has 108 valence electrons. The molecule has 1 heterocycles. The summed E-state index contributed by atoms with van der Waals surface area (Å²) in [6, 6.07) is 14.7. The summed E-state index contributed by atoms with van der Waals surface area (Å²) in [6.45, 7) is 2.92. The maximum Gasteiger partial charge on any atom is 0.178 e. The predicted octanol–water partition coefficient (Wildman–Crippen LogP) is 4.32. The normalized spacial score (nSPS) is 11.0. The van der Waals surface area contributed by atoms with Crippen molar-refractivity contribution in [1.29, 1.82) is 0 Å². The molecule has 1 N–H and O–H groups in total. The average molecular weight is 298 g/mol. The molecule has 0 saturated carbocycles. The summed E-state index contributed by atoms with van der Waals surface area (Å²) in [5, 5.41) is 0. The van der Waals surface area contributed by atoms with Gasteiger partial charge in [-0.2, -0.15) is 0 Å². The summed E-state index contributed by atoms with van der Waals surface area (Å²) in [5.74, 6) is 0.818. The van der Waals surface area contributed by atoms with Crippen LogP contribution in [0.2, 0.25) is 0 Å². The van der Waals surface area contributed by atoms with E-state index in [4.69, 9.17) is 17.0 Å². The minimum Gasteiger partial charge on any atom is -0.494 e. The van der Waals surface area contributed by atoms with Gasteiger partial charge < -0.3 is 14.3 Å². The Morgan fingerprint density at radius 3 is 2.48 bits per heavy atom. The molecule has 0 amide bonds. The van der Waals surface area contributed by atoms with Crippen molar-refractivity contribution in [3.63, 3.8) is 0 Å². The van der Waals surface area contributed by atoms with Crippen molar-refractivity contribution in [3.05, 3.63) is 58.4 Å². The standard InChI is InChI=1S/C17H18N2OS/c1-3-12-7-9-13(10-8-12)11-19-14-5-4-6-15(20-2)16(14)18-17(19)21/h4-10H,3,11H2,1-2H3,(H,18,21). The summed E-state index contributed by atoms with van der Waals surface area (Å²) < 4.78 is 8.21. The zero-order valence-electron chi connectivity index (χ0n) is 12.2. The SMILES string of the molecule is CCc1ccc(Cn2c(=S)[nH]c3c(OC)cccc32)cc1. The number of ether oxygens (including phenoxy) is 1. The van der Waals surface area contributed by atoms with Crippen LogP contribution in [0.3, 0.4) is 0 Å². The molecular formula is C17H18N2OS. The molecule has 3 nitrogen and oxygen atoms in total. The third-order valence-electron chi connectivity index (χ3n) is 3.76. The molecule has 0 spiro atoms. The largest absolute Gasteiger partial charge is 0.494 e. The lowest BCUT2D eigenvalue weighted by Gasteiger charge is -2.07. The van der Waals surface area contributed by atoms with Crippen molar-refractivity contribution in [2.24, 2.45) is 0 Å². The minimum absolute atomic E-state index is 0.717. The van der Waals surface area contributed by atoms with Crippen LogP contribution in [0.1, 0.15) is 18.1 Å². The van der Waals surface area contributed by atoms with Crippen LogP contribution in [0, 0.1) is 4.77 Å². The minimum atomic E-state index is 0.717. The Balaban J connectivity index is 2.03. The maximum atomic E-state index is 5.46. The number of H-pyrrole nitrogens is 1. The highest BCUT2D eigenvalue weighted by molar-refractivity contribution is 7.71. The van der Waals surface area contributed by atoms with Gasteiger partial charge in [0.2, 0.25) is 0 Å². The van der Waals surface area contributed by atoms with Crippen LogP contribution >= 0.6 is 12.2 Å². The first kappa shape index (κ1) is 13.9. The van der Waals surface area contributed by atoms with Crippen molar-refractivity contribution in [3.8, 4) is 5.75 Å². The Morgan fingerprint density at radius 2 is 1.81 bits per heavy atom. The molecule has 0 unspecified atom stereocenters. The van der Waals surface area contributed by atoms with Crippen molar-refractivity contribution in [1.82, 2.24) is 9.55 Å². The second kappa shape index (κ2) is 5.74. The van der Waals surface area contributed by atoms with E-state index in [9.17, 15) is 0 Å². The number of nitrogens with zero attached hydrogens (tertiary/aromatic N) is 1. The van der Waals surface area contributed by atoms with Crippen LogP contribution in [0.15, 0.2) is 42.5 Å². The number of hydrogen-bond donors (Lipinski definition) is 1. The fourth-order valence-electron chi connectivity index (χ4n) is 2.54. The van der Waals surface area contributed by atoms with Gasteiger partial charge in [0.1, 0.15) is 11.3 Å². The van der Waals surface area contributed by atoms with Gasteiger partial charge in [0.15, 0.2) is 4.77 Å². The summed E-state index contributed by atoms with van der Waals surface area (Å²) >= 11 is 5.46. The molecule has 0 aliphatic carbocycles. The molecule has 0 atom stereocenters. The molecule has 0 radical (unpaired) electrons. The zero-order valence-corrected chi connectivity index (χ0v) is 13.0. The summed E-state index contributed by atoms with van der Waals surface area (Å²) in [5.41, 5.74) is 4.61. The number of aromatic amines is 1. The van der Waals surface area contributed by atoms with E-state index in [1.807, 2.05) is 12.1 Å². The third kappa shape index (κ3) is 2.59. The van der Waals surface area contributed by atoms with Gasteiger partial charge in [-0.05, 0) is 41.9 Å². The zero-order chi connectivity index (χ0) is 14.8. The molecule has 2 aromatic carbocycles. The molecular weight excluding hydrogens is 280 g/mol. The fraction of sp³-hybridized carbons (Fsp3) is 0.235. The van der Waals surface area contributed by atoms with Crippen molar-refractivity contribution in [2.45, 2.75) is 19.9 Å². The number of hydrogen-bond acceptors (Lipinski definition) is 2. The van der Waals surface area contributed by atoms with Crippen LogP contribution < -0.4 is 4.74 Å². The van der Waals surface area contributed by atoms with Crippen LogP contribution in [0.5, 0.6) is 5.75 Å². The first-order chi connectivity index (χ1) is 10.2. The maximum absolute atomic E-state index is 5.46. The quantitative estimate of drug-likeness (QED) is 0.727. The number of fused-ring (bicyclic) bond motifs is 1. The number of aryl methyl sites for hydroxylation is 1. The number of rotatable bonds is 4. The smallest absolute Gasteiger partial charge is 0.178 e. The monoisotopic (exact) mass is 298 g/mol. The molecule has 0 bridgehead atoms. The molecule has 0 aliphatic rings. The molecule has 1 aromatic heterocycles. The Bertz CT molecular complexity index is 815. The van der Waals surface area contributed by atoms with Crippen molar-refractivity contribution >= 4 is 23.3 Å². The van der Waals surface area contributed by atoms with E-state index in [1.54, 1.807) is 7.11 Å². The van der Waals surface area contributed by atoms with E-state index < -0.39 is 0 Å². The molecule has 0 fully saturated rings. The van der Waals surface area contributed by atoms with Crippen LogP contribution in [0.25, 0.3) is 11.0 Å². The molecule has 0 saturated heterocycles. The van der Waals surface area contributed by atoms with E-state index in [0.717, 1.165) is 29.7 Å². The third-order valence-corrected chi connectivity index (χ3v) is 4.09.